The molecule has 8 nitrogen and oxygen atoms in total. The molecule has 0 radical (unpaired) electrons. The molecule has 0 unspecified atom stereocenters. The summed E-state index contributed by atoms with van der Waals surface area (Å²) in [6.45, 7) is 4.66. The molecular formula is C21H22N4O4. The highest BCUT2D eigenvalue weighted by atomic mass is 16.5. The lowest BCUT2D eigenvalue weighted by molar-refractivity contribution is -0.144. The van der Waals surface area contributed by atoms with Crippen molar-refractivity contribution in [2.24, 2.45) is 0 Å². The van der Waals surface area contributed by atoms with Crippen molar-refractivity contribution < 1.29 is 18.7 Å². The van der Waals surface area contributed by atoms with Crippen LogP contribution in [0.15, 0.2) is 40.9 Å². The van der Waals surface area contributed by atoms with E-state index in [4.69, 9.17) is 9.15 Å². The second-order valence-corrected chi connectivity index (χ2v) is 7.15. The van der Waals surface area contributed by atoms with Gasteiger partial charge < -0.3 is 19.4 Å². The van der Waals surface area contributed by atoms with Crippen molar-refractivity contribution in [1.82, 2.24) is 14.9 Å². The third-order valence-electron chi connectivity index (χ3n) is 4.85. The van der Waals surface area contributed by atoms with E-state index in [0.29, 0.717) is 54.5 Å². The second kappa shape index (κ2) is 7.90. The second-order valence-electron chi connectivity index (χ2n) is 7.15. The summed E-state index contributed by atoms with van der Waals surface area (Å²) in [4.78, 5) is 34.9. The first kappa shape index (κ1) is 18.9. The third kappa shape index (κ3) is 4.37. The molecule has 0 saturated carbocycles. The topological polar surface area (TPSA) is 97.6 Å². The number of aromatic nitrogens is 2. The van der Waals surface area contributed by atoms with Gasteiger partial charge in [0.2, 0.25) is 5.88 Å². The van der Waals surface area contributed by atoms with Crippen LogP contribution in [0.5, 0.6) is 5.88 Å². The van der Waals surface area contributed by atoms with E-state index in [2.05, 4.69) is 15.3 Å². The van der Waals surface area contributed by atoms with Gasteiger partial charge in [-0.15, -0.1) is 0 Å². The molecule has 0 atom stereocenters. The maximum atomic E-state index is 12.5. The summed E-state index contributed by atoms with van der Waals surface area (Å²) < 4.78 is 11.3. The van der Waals surface area contributed by atoms with Gasteiger partial charge in [0.1, 0.15) is 11.6 Å². The molecule has 3 aromatic rings. The van der Waals surface area contributed by atoms with Crippen LogP contribution in [-0.4, -0.2) is 45.9 Å². The van der Waals surface area contributed by atoms with Crippen LogP contribution in [0.3, 0.4) is 0 Å². The van der Waals surface area contributed by atoms with Crippen LogP contribution in [0.2, 0.25) is 0 Å². The third-order valence-corrected chi connectivity index (χ3v) is 4.85. The largest absolute Gasteiger partial charge is 0.474 e. The van der Waals surface area contributed by atoms with Crippen molar-refractivity contribution in [1.29, 1.82) is 0 Å². The smallest absolute Gasteiger partial charge is 0.313 e. The number of hydrogen-bond donors (Lipinski definition) is 1. The first-order chi connectivity index (χ1) is 14.0. The Bertz CT molecular complexity index is 1050. The van der Waals surface area contributed by atoms with Crippen molar-refractivity contribution in [2.75, 3.05) is 18.4 Å². The van der Waals surface area contributed by atoms with Gasteiger partial charge >= 0.3 is 11.8 Å². The quantitative estimate of drug-likeness (QED) is 0.686. The Hall–Kier alpha value is -3.42. The Kier molecular flexibility index (Phi) is 5.16. The predicted octanol–water partition coefficient (Wildman–Crippen LogP) is 2.85. The average molecular weight is 394 g/mol. The Morgan fingerprint density at radius 2 is 1.97 bits per heavy atom. The summed E-state index contributed by atoms with van der Waals surface area (Å²) in [5.74, 6) is -0.0747. The number of carbonyl (C=O) groups is 2. The molecule has 1 N–H and O–H groups in total. The summed E-state index contributed by atoms with van der Waals surface area (Å²) >= 11 is 0. The summed E-state index contributed by atoms with van der Waals surface area (Å²) in [7, 11) is 0. The number of hydrogen-bond acceptors (Lipinski definition) is 6. The number of anilines is 1. The van der Waals surface area contributed by atoms with E-state index in [1.807, 2.05) is 19.1 Å². The molecule has 8 heteroatoms. The van der Waals surface area contributed by atoms with E-state index in [-0.39, 0.29) is 6.10 Å². The zero-order valence-corrected chi connectivity index (χ0v) is 16.3. The van der Waals surface area contributed by atoms with Crippen LogP contribution < -0.4 is 10.1 Å². The normalized spacial score (nSPS) is 14.8. The molecule has 2 amide bonds. The molecule has 4 rings (SSSR count). The van der Waals surface area contributed by atoms with Crippen LogP contribution >= 0.6 is 0 Å². The molecule has 1 aromatic carbocycles. The predicted molar refractivity (Wildman–Crippen MR) is 107 cm³/mol. The van der Waals surface area contributed by atoms with E-state index < -0.39 is 11.8 Å². The van der Waals surface area contributed by atoms with Crippen molar-refractivity contribution >= 4 is 28.6 Å². The highest BCUT2D eigenvalue weighted by molar-refractivity contribution is 6.39. The van der Waals surface area contributed by atoms with Crippen molar-refractivity contribution in [3.05, 3.63) is 48.0 Å². The maximum absolute atomic E-state index is 12.5. The van der Waals surface area contributed by atoms with Gasteiger partial charge in [-0.25, -0.2) is 9.97 Å². The van der Waals surface area contributed by atoms with Crippen LogP contribution in [0.1, 0.15) is 24.3 Å². The van der Waals surface area contributed by atoms with E-state index in [9.17, 15) is 9.59 Å². The SMILES string of the molecule is Cc1ccnc(OC2CCN(C(=O)C(=O)Nc3ccc4oc(C)nc4c3)CC2)c1. The van der Waals surface area contributed by atoms with Gasteiger partial charge in [-0.3, -0.25) is 9.59 Å². The number of ether oxygens (including phenoxy) is 1. The van der Waals surface area contributed by atoms with E-state index in [1.165, 1.54) is 0 Å². The number of carbonyl (C=O) groups excluding carboxylic acids is 2. The minimum Gasteiger partial charge on any atom is -0.474 e. The lowest BCUT2D eigenvalue weighted by Crippen LogP contribution is -2.46. The molecule has 3 heterocycles. The fourth-order valence-corrected chi connectivity index (χ4v) is 3.37. The molecule has 0 aliphatic carbocycles. The lowest BCUT2D eigenvalue weighted by Gasteiger charge is -2.31. The highest BCUT2D eigenvalue weighted by Gasteiger charge is 2.28. The van der Waals surface area contributed by atoms with Gasteiger partial charge in [-0.2, -0.15) is 0 Å². The number of pyridine rings is 1. The first-order valence-corrected chi connectivity index (χ1v) is 9.55. The Labute approximate surface area is 167 Å². The number of aryl methyl sites for hydroxylation is 2. The van der Waals surface area contributed by atoms with Gasteiger partial charge in [0.15, 0.2) is 11.5 Å². The zero-order chi connectivity index (χ0) is 20.4. The van der Waals surface area contributed by atoms with Gasteiger partial charge in [-0.05, 0) is 36.8 Å². The average Bonchev–Trinajstić information content (AvgIpc) is 3.07. The number of benzene rings is 1. The maximum Gasteiger partial charge on any atom is 0.313 e. The lowest BCUT2D eigenvalue weighted by atomic mass is 10.1. The molecule has 1 saturated heterocycles. The zero-order valence-electron chi connectivity index (χ0n) is 16.3. The number of amides is 2. The molecule has 1 aliphatic rings. The molecule has 150 valence electrons. The van der Waals surface area contributed by atoms with Crippen LogP contribution in [0.25, 0.3) is 11.1 Å². The van der Waals surface area contributed by atoms with Crippen molar-refractivity contribution in [3.63, 3.8) is 0 Å². The fraction of sp³-hybridized carbons (Fsp3) is 0.333. The fourth-order valence-electron chi connectivity index (χ4n) is 3.37. The standard InChI is InChI=1S/C21H22N4O4/c1-13-5-8-22-19(11-13)29-16-6-9-25(10-7-16)21(27)20(26)24-15-3-4-18-17(12-15)23-14(2)28-18/h3-5,8,11-12,16H,6-7,9-10H2,1-2H3,(H,24,26). The number of fused-ring (bicyclic) bond motifs is 1. The monoisotopic (exact) mass is 394 g/mol. The Balaban J connectivity index is 1.31. The van der Waals surface area contributed by atoms with Gasteiger partial charge in [0, 0.05) is 50.8 Å². The number of rotatable bonds is 3. The molecule has 1 fully saturated rings. The van der Waals surface area contributed by atoms with Crippen molar-refractivity contribution in [3.8, 4) is 5.88 Å². The molecule has 1 aliphatic heterocycles. The number of nitrogens with one attached hydrogen (secondary N) is 1. The van der Waals surface area contributed by atoms with E-state index >= 15 is 0 Å². The minimum absolute atomic E-state index is 0.0192. The van der Waals surface area contributed by atoms with Crippen LogP contribution in [-0.2, 0) is 9.59 Å². The summed E-state index contributed by atoms with van der Waals surface area (Å²) in [6, 6.07) is 8.89. The van der Waals surface area contributed by atoms with Crippen molar-refractivity contribution in [2.45, 2.75) is 32.8 Å². The minimum atomic E-state index is -0.663. The van der Waals surface area contributed by atoms with E-state index in [1.54, 1.807) is 36.2 Å². The van der Waals surface area contributed by atoms with E-state index in [0.717, 1.165) is 5.56 Å². The first-order valence-electron chi connectivity index (χ1n) is 9.55. The molecule has 2 aromatic heterocycles. The highest BCUT2D eigenvalue weighted by Crippen LogP contribution is 2.21. The summed E-state index contributed by atoms with van der Waals surface area (Å²) in [5.41, 5.74) is 2.86. The Morgan fingerprint density at radius 1 is 1.17 bits per heavy atom. The molecular weight excluding hydrogens is 372 g/mol. The summed E-state index contributed by atoms with van der Waals surface area (Å²) in [6.07, 6.45) is 3.00. The molecule has 0 bridgehead atoms. The number of piperidine rings is 1. The molecule has 0 spiro atoms. The van der Waals surface area contributed by atoms with Crippen LogP contribution in [0.4, 0.5) is 5.69 Å². The number of likely N-dealkylation sites (tertiary alicyclic amines) is 1. The van der Waals surface area contributed by atoms with Gasteiger partial charge in [0.25, 0.3) is 0 Å². The Morgan fingerprint density at radius 3 is 2.72 bits per heavy atom. The number of oxazole rings is 1. The summed E-state index contributed by atoms with van der Waals surface area (Å²) in [5, 5.41) is 2.64. The van der Waals surface area contributed by atoms with Gasteiger partial charge in [0.05, 0.1) is 0 Å². The number of nitrogens with zero attached hydrogens (tertiary/aromatic N) is 3. The van der Waals surface area contributed by atoms with Gasteiger partial charge in [-0.1, -0.05) is 0 Å². The van der Waals surface area contributed by atoms with Crippen LogP contribution in [0, 0.1) is 13.8 Å². The molecule has 29 heavy (non-hydrogen) atoms.